The molecule has 8 heteroatoms. The standard InChI is InChI=1S/C31H22N.CHF3O3S/c1-3-10-23(11-4-1)24-18-20-26(21-19-24)29-16-9-17-30-28-15-8-7-14-27(28)22-31(32(29)30)25-12-5-2-6-13-25;2-1(3,4)8(5,6)7/h1-22H;(H,5,6,7)/q+1;/p-1. The topological polar surface area (TPSA) is 61.3 Å². The Morgan fingerprint density at radius 1 is 0.550 bits per heavy atom. The first kappa shape index (κ1) is 27.1. The summed E-state index contributed by atoms with van der Waals surface area (Å²) in [5, 5.41) is 2.51. The highest BCUT2D eigenvalue weighted by Gasteiger charge is 2.37. The molecule has 0 atom stereocenters. The highest BCUT2D eigenvalue weighted by atomic mass is 32.2. The molecule has 0 spiro atoms. The minimum Gasteiger partial charge on any atom is -0.741 e. The van der Waals surface area contributed by atoms with Crippen LogP contribution in [0.15, 0.2) is 133 Å². The average Bonchev–Trinajstić information content (AvgIpc) is 2.97. The van der Waals surface area contributed by atoms with Crippen molar-refractivity contribution in [3.8, 4) is 33.6 Å². The van der Waals surface area contributed by atoms with Crippen molar-refractivity contribution in [2.24, 2.45) is 0 Å². The molecule has 40 heavy (non-hydrogen) atoms. The molecular formula is C32H22F3NO3S. The summed E-state index contributed by atoms with van der Waals surface area (Å²) in [6.45, 7) is 0. The van der Waals surface area contributed by atoms with E-state index in [0.717, 1.165) is 0 Å². The lowest BCUT2D eigenvalue weighted by molar-refractivity contribution is -0.485. The summed E-state index contributed by atoms with van der Waals surface area (Å²) in [4.78, 5) is 0. The quantitative estimate of drug-likeness (QED) is 0.0973. The zero-order valence-corrected chi connectivity index (χ0v) is 21.7. The van der Waals surface area contributed by atoms with E-state index in [1.807, 2.05) is 0 Å². The second kappa shape index (κ2) is 10.9. The number of nitrogens with zero attached hydrogens (tertiary/aromatic N) is 1. The molecule has 6 aromatic rings. The lowest BCUT2D eigenvalue weighted by Gasteiger charge is -2.09. The molecule has 0 aliphatic carbocycles. The molecule has 4 nitrogen and oxygen atoms in total. The number of halogens is 3. The van der Waals surface area contributed by atoms with Crippen LogP contribution in [-0.4, -0.2) is 18.5 Å². The van der Waals surface area contributed by atoms with Crippen LogP contribution in [0.4, 0.5) is 13.2 Å². The van der Waals surface area contributed by atoms with E-state index < -0.39 is 15.6 Å². The molecule has 4 aromatic carbocycles. The van der Waals surface area contributed by atoms with E-state index in [1.54, 1.807) is 0 Å². The van der Waals surface area contributed by atoms with Crippen molar-refractivity contribution in [2.75, 3.05) is 0 Å². The van der Waals surface area contributed by atoms with Crippen LogP contribution in [0.3, 0.4) is 0 Å². The summed E-state index contributed by atoms with van der Waals surface area (Å²) in [7, 11) is -6.09. The van der Waals surface area contributed by atoms with Gasteiger partial charge < -0.3 is 4.55 Å². The highest BCUT2D eigenvalue weighted by Crippen LogP contribution is 2.29. The van der Waals surface area contributed by atoms with E-state index in [4.69, 9.17) is 13.0 Å². The molecule has 6 rings (SSSR count). The van der Waals surface area contributed by atoms with Gasteiger partial charge in [0.2, 0.25) is 16.9 Å². The molecule has 0 fully saturated rings. The van der Waals surface area contributed by atoms with Gasteiger partial charge in [0.25, 0.3) is 0 Å². The third-order valence-corrected chi connectivity index (χ3v) is 6.97. The molecule has 0 aliphatic rings. The molecular weight excluding hydrogens is 535 g/mol. The Kier molecular flexibility index (Phi) is 7.38. The Labute approximate surface area is 229 Å². The first-order valence-corrected chi connectivity index (χ1v) is 13.6. The molecule has 0 unspecified atom stereocenters. The summed E-state index contributed by atoms with van der Waals surface area (Å²) in [6.07, 6.45) is 0. The van der Waals surface area contributed by atoms with Crippen LogP contribution in [0.1, 0.15) is 0 Å². The third kappa shape index (κ3) is 5.59. The van der Waals surface area contributed by atoms with E-state index in [1.165, 1.54) is 49.9 Å². The lowest BCUT2D eigenvalue weighted by atomic mass is 10.0. The fraction of sp³-hybridized carbons (Fsp3) is 0.0312. The van der Waals surface area contributed by atoms with E-state index in [0.29, 0.717) is 0 Å². The van der Waals surface area contributed by atoms with Crippen LogP contribution in [-0.2, 0) is 10.1 Å². The number of fused-ring (bicyclic) bond motifs is 3. The first-order valence-electron chi connectivity index (χ1n) is 12.2. The Morgan fingerprint density at radius 3 is 1.62 bits per heavy atom. The van der Waals surface area contributed by atoms with Gasteiger partial charge in [-0.3, -0.25) is 0 Å². The summed E-state index contributed by atoms with van der Waals surface area (Å²) >= 11 is 0. The number of hydrogen-bond acceptors (Lipinski definition) is 3. The fourth-order valence-corrected chi connectivity index (χ4v) is 4.56. The van der Waals surface area contributed by atoms with E-state index in [2.05, 4.69) is 138 Å². The fourth-order valence-electron chi connectivity index (χ4n) is 4.56. The van der Waals surface area contributed by atoms with E-state index in [-0.39, 0.29) is 0 Å². The van der Waals surface area contributed by atoms with Crippen molar-refractivity contribution < 1.29 is 30.5 Å². The molecule has 0 saturated carbocycles. The number of hydrogen-bond donors (Lipinski definition) is 0. The Balaban J connectivity index is 0.000000355. The summed E-state index contributed by atoms with van der Waals surface area (Å²) in [5.74, 6) is 0. The van der Waals surface area contributed by atoms with Gasteiger partial charge >= 0.3 is 5.51 Å². The van der Waals surface area contributed by atoms with Crippen LogP contribution in [0.5, 0.6) is 0 Å². The van der Waals surface area contributed by atoms with E-state index >= 15 is 0 Å². The molecule has 0 aliphatic heterocycles. The van der Waals surface area contributed by atoms with Gasteiger partial charge in [0.15, 0.2) is 10.1 Å². The molecule has 0 bridgehead atoms. The predicted octanol–water partition coefficient (Wildman–Crippen LogP) is 7.63. The summed E-state index contributed by atoms with van der Waals surface area (Å²) < 4.78 is 61.3. The van der Waals surface area contributed by atoms with Crippen molar-refractivity contribution in [1.29, 1.82) is 0 Å². The van der Waals surface area contributed by atoms with Crippen LogP contribution in [0.2, 0.25) is 0 Å². The Bertz CT molecular complexity index is 1890. The van der Waals surface area contributed by atoms with Gasteiger partial charge in [-0.2, -0.15) is 17.6 Å². The molecule has 0 saturated heterocycles. The minimum atomic E-state index is -6.09. The van der Waals surface area contributed by atoms with Crippen molar-refractivity contribution >= 4 is 26.4 Å². The average molecular weight is 558 g/mol. The summed E-state index contributed by atoms with van der Waals surface area (Å²) in [5.41, 5.74) is 2.83. The second-order valence-corrected chi connectivity index (χ2v) is 10.3. The maximum absolute atomic E-state index is 10.7. The van der Waals surface area contributed by atoms with Crippen LogP contribution in [0.25, 0.3) is 49.9 Å². The Morgan fingerprint density at radius 2 is 1.02 bits per heavy atom. The highest BCUT2D eigenvalue weighted by molar-refractivity contribution is 7.86. The third-order valence-electron chi connectivity index (χ3n) is 6.40. The minimum absolute atomic E-state index is 1.19. The smallest absolute Gasteiger partial charge is 0.485 e. The lowest BCUT2D eigenvalue weighted by Crippen LogP contribution is -2.28. The normalized spacial score (nSPS) is 11.7. The van der Waals surface area contributed by atoms with Crippen molar-refractivity contribution in [2.45, 2.75) is 5.51 Å². The maximum atomic E-state index is 10.7. The van der Waals surface area contributed by atoms with Gasteiger partial charge in [-0.15, -0.1) is 0 Å². The zero-order valence-electron chi connectivity index (χ0n) is 20.9. The van der Waals surface area contributed by atoms with Gasteiger partial charge in [-0.05, 0) is 52.9 Å². The first-order chi connectivity index (χ1) is 19.1. The molecule has 0 radical (unpaired) electrons. The van der Waals surface area contributed by atoms with Crippen molar-refractivity contribution in [3.63, 3.8) is 0 Å². The van der Waals surface area contributed by atoms with Crippen LogP contribution >= 0.6 is 0 Å². The maximum Gasteiger partial charge on any atom is 0.485 e. The molecule has 0 N–H and O–H groups in total. The second-order valence-electron chi connectivity index (χ2n) is 8.96. The molecule has 2 heterocycles. The number of pyridine rings is 2. The number of alkyl halides is 3. The Hall–Kier alpha value is -4.53. The van der Waals surface area contributed by atoms with Gasteiger partial charge in [-0.1, -0.05) is 78.9 Å². The predicted molar refractivity (Wildman–Crippen MR) is 149 cm³/mol. The zero-order chi connectivity index (χ0) is 28.3. The van der Waals surface area contributed by atoms with Gasteiger partial charge in [0.05, 0.1) is 5.39 Å². The van der Waals surface area contributed by atoms with Gasteiger partial charge in [0, 0.05) is 29.3 Å². The number of aromatic nitrogens is 1. The van der Waals surface area contributed by atoms with Crippen molar-refractivity contribution in [3.05, 3.63) is 133 Å². The molecule has 0 amide bonds. The van der Waals surface area contributed by atoms with Gasteiger partial charge in [0.1, 0.15) is 0 Å². The van der Waals surface area contributed by atoms with Gasteiger partial charge in [-0.25, -0.2) is 8.42 Å². The number of rotatable bonds is 3. The molecule has 200 valence electrons. The largest absolute Gasteiger partial charge is 0.741 e. The van der Waals surface area contributed by atoms with Crippen molar-refractivity contribution in [1.82, 2.24) is 0 Å². The van der Waals surface area contributed by atoms with Crippen LogP contribution in [0, 0.1) is 0 Å². The number of benzene rings is 4. The van der Waals surface area contributed by atoms with E-state index in [9.17, 15) is 13.2 Å². The SMILES string of the molecule is O=S(=O)([O-])C(F)(F)F.c1ccc(-c2ccc(-c3cccc4c5ccccc5cc(-c5ccccc5)[n+]34)cc2)cc1. The summed E-state index contributed by atoms with van der Waals surface area (Å²) in [6, 6.07) is 47.6. The monoisotopic (exact) mass is 557 g/mol. The molecule has 2 aromatic heterocycles. The van der Waals surface area contributed by atoms with Crippen LogP contribution < -0.4 is 4.40 Å².